The number of halogens is 2. The van der Waals surface area contributed by atoms with Crippen molar-refractivity contribution in [2.75, 3.05) is 6.61 Å². The van der Waals surface area contributed by atoms with Crippen molar-refractivity contribution in [3.05, 3.63) is 82.4 Å². The number of carbonyl (C=O) groups is 1. The standard InChI is InChI=1S/C27H33Cl2NO3/c1-4-20(28)13-12-18(2)25-24(19-8-7-9-21(29)14-19)16-27(3,15-23(32)17-31)26(33)30(25)22-10-5-6-11-22/h4-5,7-10,12-14,22-25,31-32H,2,6,11,15-17H2,1,3H3/b13-12-,20-4+/t22?,23?,24-,25-,27?/m1/s1. The van der Waals surface area contributed by atoms with Crippen LogP contribution in [0.15, 0.2) is 71.8 Å². The van der Waals surface area contributed by atoms with Crippen LogP contribution in [0.5, 0.6) is 0 Å². The third-order valence-corrected chi connectivity index (χ3v) is 7.31. The zero-order valence-corrected chi connectivity index (χ0v) is 20.8. The van der Waals surface area contributed by atoms with Gasteiger partial charge in [0.05, 0.1) is 24.8 Å². The van der Waals surface area contributed by atoms with E-state index in [1.54, 1.807) is 12.2 Å². The molecule has 1 amide bonds. The molecule has 0 spiro atoms. The fraction of sp³-hybridized carbons (Fsp3) is 0.444. The molecule has 2 N–H and O–H groups in total. The lowest BCUT2D eigenvalue weighted by Crippen LogP contribution is -2.59. The number of amides is 1. The topological polar surface area (TPSA) is 60.8 Å². The second-order valence-corrected chi connectivity index (χ2v) is 10.2. The fourth-order valence-electron chi connectivity index (χ4n) is 5.13. The molecule has 3 unspecified atom stereocenters. The molecule has 3 rings (SSSR count). The van der Waals surface area contributed by atoms with Crippen molar-refractivity contribution in [3.63, 3.8) is 0 Å². The molecule has 0 bridgehead atoms. The lowest BCUT2D eigenvalue weighted by atomic mass is 9.66. The van der Waals surface area contributed by atoms with E-state index >= 15 is 0 Å². The summed E-state index contributed by atoms with van der Waals surface area (Å²) in [5.41, 5.74) is 0.967. The molecule has 1 aromatic rings. The minimum absolute atomic E-state index is 0.0264. The third kappa shape index (κ3) is 5.81. The van der Waals surface area contributed by atoms with Gasteiger partial charge in [0, 0.05) is 21.4 Å². The highest BCUT2D eigenvalue weighted by Crippen LogP contribution is 2.49. The summed E-state index contributed by atoms with van der Waals surface area (Å²) < 4.78 is 0. The third-order valence-electron chi connectivity index (χ3n) is 6.73. The first-order valence-corrected chi connectivity index (χ1v) is 12.2. The van der Waals surface area contributed by atoms with Gasteiger partial charge < -0.3 is 15.1 Å². The maximum atomic E-state index is 14.0. The molecule has 6 heteroatoms. The number of hydrogen-bond donors (Lipinski definition) is 2. The molecular weight excluding hydrogens is 457 g/mol. The average molecular weight is 490 g/mol. The van der Waals surface area contributed by atoms with Gasteiger partial charge in [-0.15, -0.1) is 0 Å². The van der Waals surface area contributed by atoms with Crippen LogP contribution in [-0.2, 0) is 4.79 Å². The van der Waals surface area contributed by atoms with Gasteiger partial charge in [-0.25, -0.2) is 0 Å². The highest BCUT2D eigenvalue weighted by Gasteiger charge is 2.51. The van der Waals surface area contributed by atoms with E-state index in [1.165, 1.54) is 0 Å². The van der Waals surface area contributed by atoms with Crippen LogP contribution < -0.4 is 0 Å². The predicted octanol–water partition coefficient (Wildman–Crippen LogP) is 5.75. The van der Waals surface area contributed by atoms with Gasteiger partial charge in [0.15, 0.2) is 0 Å². The summed E-state index contributed by atoms with van der Waals surface area (Å²) >= 11 is 12.6. The summed E-state index contributed by atoms with van der Waals surface area (Å²) in [7, 11) is 0. The van der Waals surface area contributed by atoms with E-state index in [2.05, 4.69) is 18.7 Å². The second-order valence-electron chi connectivity index (χ2n) is 9.28. The summed E-state index contributed by atoms with van der Waals surface area (Å²) in [6, 6.07) is 7.37. The van der Waals surface area contributed by atoms with Gasteiger partial charge in [0.1, 0.15) is 0 Å². The summed E-state index contributed by atoms with van der Waals surface area (Å²) in [6.07, 6.45) is 11.2. The number of aliphatic hydroxyl groups excluding tert-OH is 2. The number of allylic oxidation sites excluding steroid dienone is 4. The minimum Gasteiger partial charge on any atom is -0.394 e. The maximum absolute atomic E-state index is 14.0. The van der Waals surface area contributed by atoms with Crippen molar-refractivity contribution in [2.24, 2.45) is 5.41 Å². The molecule has 1 saturated heterocycles. The van der Waals surface area contributed by atoms with Gasteiger partial charge in [-0.2, -0.15) is 0 Å². The Morgan fingerprint density at radius 2 is 2.15 bits per heavy atom. The van der Waals surface area contributed by atoms with Gasteiger partial charge in [-0.1, -0.05) is 73.1 Å². The van der Waals surface area contributed by atoms with Crippen molar-refractivity contribution in [1.29, 1.82) is 0 Å². The molecule has 1 aliphatic heterocycles. The van der Waals surface area contributed by atoms with E-state index in [-0.39, 0.29) is 36.9 Å². The first-order chi connectivity index (χ1) is 15.7. The molecule has 0 saturated carbocycles. The number of aliphatic hydroxyl groups is 2. The van der Waals surface area contributed by atoms with Crippen LogP contribution in [0.25, 0.3) is 0 Å². The SMILES string of the molecule is C=C(/C=C\C(Cl)=C/C)[C@@H]1[C@@H](c2cccc(Cl)c2)CC(C)(CC(O)CO)C(=O)N1C1C=CCC1. The first kappa shape index (κ1) is 25.8. The smallest absolute Gasteiger partial charge is 0.229 e. The van der Waals surface area contributed by atoms with E-state index in [9.17, 15) is 15.0 Å². The Hall–Kier alpha value is -1.85. The summed E-state index contributed by atoms with van der Waals surface area (Å²) in [5.74, 6) is -0.116. The Balaban J connectivity index is 2.13. The summed E-state index contributed by atoms with van der Waals surface area (Å²) in [4.78, 5) is 16.0. The summed E-state index contributed by atoms with van der Waals surface area (Å²) in [5, 5.41) is 21.0. The Bertz CT molecular complexity index is 970. The Morgan fingerprint density at radius 3 is 2.76 bits per heavy atom. The number of benzene rings is 1. The molecule has 2 aliphatic rings. The van der Waals surface area contributed by atoms with Crippen LogP contribution in [0.2, 0.25) is 5.02 Å². The molecule has 1 aliphatic carbocycles. The van der Waals surface area contributed by atoms with E-state index in [0.29, 0.717) is 16.5 Å². The van der Waals surface area contributed by atoms with E-state index in [1.807, 2.05) is 49.1 Å². The number of nitrogens with zero attached hydrogens (tertiary/aromatic N) is 1. The van der Waals surface area contributed by atoms with Gasteiger partial charge in [-0.05, 0) is 62.0 Å². The molecule has 178 valence electrons. The van der Waals surface area contributed by atoms with Gasteiger partial charge in [-0.3, -0.25) is 4.79 Å². The monoisotopic (exact) mass is 489 g/mol. The minimum atomic E-state index is -0.965. The average Bonchev–Trinajstić information content (AvgIpc) is 3.33. The van der Waals surface area contributed by atoms with E-state index in [0.717, 1.165) is 24.0 Å². The molecule has 0 radical (unpaired) electrons. The highest BCUT2D eigenvalue weighted by atomic mass is 35.5. The van der Waals surface area contributed by atoms with Crippen LogP contribution in [0.1, 0.15) is 51.0 Å². The number of likely N-dealkylation sites (tertiary alicyclic amines) is 1. The van der Waals surface area contributed by atoms with Crippen LogP contribution in [-0.4, -0.2) is 45.8 Å². The lowest BCUT2D eigenvalue weighted by molar-refractivity contribution is -0.154. The second kappa shape index (κ2) is 11.1. The van der Waals surface area contributed by atoms with Crippen LogP contribution >= 0.6 is 23.2 Å². The van der Waals surface area contributed by atoms with Gasteiger partial charge >= 0.3 is 0 Å². The zero-order valence-electron chi connectivity index (χ0n) is 19.3. The highest BCUT2D eigenvalue weighted by molar-refractivity contribution is 6.31. The lowest BCUT2D eigenvalue weighted by Gasteiger charge is -2.52. The van der Waals surface area contributed by atoms with Crippen LogP contribution in [0.4, 0.5) is 0 Å². The quantitative estimate of drug-likeness (QED) is 0.361. The van der Waals surface area contributed by atoms with Gasteiger partial charge in [0.2, 0.25) is 5.91 Å². The molecule has 0 aromatic heterocycles. The molecule has 1 heterocycles. The Morgan fingerprint density at radius 1 is 1.39 bits per heavy atom. The number of carbonyl (C=O) groups excluding carboxylic acids is 1. The molecule has 5 atom stereocenters. The predicted molar refractivity (Wildman–Crippen MR) is 135 cm³/mol. The number of rotatable bonds is 8. The molecular formula is C27H33Cl2NO3. The molecule has 33 heavy (non-hydrogen) atoms. The van der Waals surface area contributed by atoms with Crippen molar-refractivity contribution in [1.82, 2.24) is 4.90 Å². The normalized spacial score (nSPS) is 29.2. The van der Waals surface area contributed by atoms with Gasteiger partial charge in [0.25, 0.3) is 0 Å². The Labute approximate surface area is 206 Å². The van der Waals surface area contributed by atoms with Crippen LogP contribution in [0, 0.1) is 5.41 Å². The van der Waals surface area contributed by atoms with E-state index in [4.69, 9.17) is 23.2 Å². The molecule has 4 nitrogen and oxygen atoms in total. The van der Waals surface area contributed by atoms with Crippen LogP contribution in [0.3, 0.4) is 0 Å². The van der Waals surface area contributed by atoms with E-state index < -0.39 is 11.5 Å². The Kier molecular flexibility index (Phi) is 8.63. The first-order valence-electron chi connectivity index (χ1n) is 11.4. The molecule has 1 aromatic carbocycles. The summed E-state index contributed by atoms with van der Waals surface area (Å²) in [6.45, 7) is 7.73. The van der Waals surface area contributed by atoms with Crippen molar-refractivity contribution in [3.8, 4) is 0 Å². The maximum Gasteiger partial charge on any atom is 0.229 e. The van der Waals surface area contributed by atoms with Crippen molar-refractivity contribution in [2.45, 2.75) is 63.6 Å². The van der Waals surface area contributed by atoms with Crippen molar-refractivity contribution >= 4 is 29.1 Å². The zero-order chi connectivity index (χ0) is 24.2. The number of piperidine rings is 1. The largest absolute Gasteiger partial charge is 0.394 e. The molecule has 1 fully saturated rings. The van der Waals surface area contributed by atoms with Crippen molar-refractivity contribution < 1.29 is 15.0 Å². The fourth-order valence-corrected chi connectivity index (χ4v) is 5.39. The number of hydrogen-bond acceptors (Lipinski definition) is 3.